The SMILES string of the molecule is CCC(O)O.O=C[C@H](O)[C@@H](O)[C@H](O)[C@H](O)CO. The predicted molar refractivity (Wildman–Crippen MR) is 55.7 cm³/mol. The van der Waals surface area contributed by atoms with Crippen molar-refractivity contribution in [1.82, 2.24) is 0 Å². The van der Waals surface area contributed by atoms with Gasteiger partial charge in [0.1, 0.15) is 24.4 Å². The van der Waals surface area contributed by atoms with Crippen molar-refractivity contribution in [2.24, 2.45) is 0 Å². The molecule has 0 radical (unpaired) electrons. The molecule has 0 aliphatic rings. The highest BCUT2D eigenvalue weighted by molar-refractivity contribution is 5.56. The second-order valence-electron chi connectivity index (χ2n) is 3.25. The number of hydrogen-bond donors (Lipinski definition) is 7. The van der Waals surface area contributed by atoms with Crippen LogP contribution in [0.4, 0.5) is 0 Å². The van der Waals surface area contributed by atoms with Gasteiger partial charge < -0.3 is 40.5 Å². The number of hydrogen-bond acceptors (Lipinski definition) is 8. The Balaban J connectivity index is 0. The van der Waals surface area contributed by atoms with Crippen molar-refractivity contribution in [3.8, 4) is 0 Å². The van der Waals surface area contributed by atoms with Gasteiger partial charge in [-0.05, 0) is 6.42 Å². The quantitative estimate of drug-likeness (QED) is 0.189. The summed E-state index contributed by atoms with van der Waals surface area (Å²) in [5, 5.41) is 59.4. The van der Waals surface area contributed by atoms with E-state index in [4.69, 9.17) is 35.7 Å². The lowest BCUT2D eigenvalue weighted by molar-refractivity contribution is -0.136. The van der Waals surface area contributed by atoms with Gasteiger partial charge in [-0.15, -0.1) is 0 Å². The zero-order valence-electron chi connectivity index (χ0n) is 9.42. The topological polar surface area (TPSA) is 159 Å². The fourth-order valence-corrected chi connectivity index (χ4v) is 0.618. The van der Waals surface area contributed by atoms with Gasteiger partial charge in [0.2, 0.25) is 0 Å². The normalized spacial score (nSPS) is 17.7. The Bertz CT molecular complexity index is 186. The van der Waals surface area contributed by atoms with Crippen LogP contribution in [0.2, 0.25) is 0 Å². The van der Waals surface area contributed by atoms with Crippen molar-refractivity contribution in [2.45, 2.75) is 44.1 Å². The maximum absolute atomic E-state index is 9.90. The third-order valence-electron chi connectivity index (χ3n) is 1.79. The van der Waals surface area contributed by atoms with Gasteiger partial charge in [-0.2, -0.15) is 0 Å². The van der Waals surface area contributed by atoms with E-state index >= 15 is 0 Å². The molecule has 0 unspecified atom stereocenters. The van der Waals surface area contributed by atoms with Crippen LogP contribution in [0.3, 0.4) is 0 Å². The third-order valence-corrected chi connectivity index (χ3v) is 1.79. The molecule has 0 rings (SSSR count). The first-order chi connectivity index (χ1) is 7.81. The second kappa shape index (κ2) is 10.5. The van der Waals surface area contributed by atoms with Crippen LogP contribution < -0.4 is 0 Å². The standard InChI is InChI=1S/C6H12O6.C3H8O2/c7-1-3(9)5(11)6(12)4(10)2-8;1-2-3(4)5/h1,3-6,8-12H,2H2;3-5H,2H2,1H3/t3-,4+,5+,6+;/m0./s1. The highest BCUT2D eigenvalue weighted by Crippen LogP contribution is 2.02. The lowest BCUT2D eigenvalue weighted by Gasteiger charge is -2.22. The van der Waals surface area contributed by atoms with E-state index in [1.54, 1.807) is 6.92 Å². The summed E-state index contributed by atoms with van der Waals surface area (Å²) >= 11 is 0. The van der Waals surface area contributed by atoms with Gasteiger partial charge in [0.15, 0.2) is 12.6 Å². The molecule has 0 aliphatic heterocycles. The molecule has 0 amide bonds. The first-order valence-electron chi connectivity index (χ1n) is 4.96. The molecule has 0 aromatic heterocycles. The summed E-state index contributed by atoms with van der Waals surface area (Å²) in [4.78, 5) is 9.90. The van der Waals surface area contributed by atoms with Crippen LogP contribution in [-0.2, 0) is 4.79 Å². The molecule has 0 spiro atoms. The van der Waals surface area contributed by atoms with Crippen molar-refractivity contribution in [1.29, 1.82) is 0 Å². The summed E-state index contributed by atoms with van der Waals surface area (Å²) in [6, 6.07) is 0. The molecule has 0 saturated heterocycles. The zero-order valence-corrected chi connectivity index (χ0v) is 9.42. The average molecular weight is 256 g/mol. The molecular formula is C9H20O8. The summed E-state index contributed by atoms with van der Waals surface area (Å²) in [5.74, 6) is 0. The minimum absolute atomic E-state index is 0.0258. The van der Waals surface area contributed by atoms with Crippen LogP contribution >= 0.6 is 0 Å². The summed E-state index contributed by atoms with van der Waals surface area (Å²) in [7, 11) is 0. The van der Waals surface area contributed by atoms with E-state index in [0.29, 0.717) is 6.42 Å². The average Bonchev–Trinajstić information content (AvgIpc) is 2.35. The number of aliphatic hydroxyl groups is 7. The van der Waals surface area contributed by atoms with Crippen LogP contribution in [0, 0.1) is 0 Å². The van der Waals surface area contributed by atoms with Gasteiger partial charge in [0, 0.05) is 0 Å². The van der Waals surface area contributed by atoms with E-state index < -0.39 is 37.3 Å². The number of carbonyl (C=O) groups excluding carboxylic acids is 1. The van der Waals surface area contributed by atoms with Crippen LogP contribution in [0.5, 0.6) is 0 Å². The number of aliphatic hydroxyl groups excluding tert-OH is 6. The molecule has 7 N–H and O–H groups in total. The fourth-order valence-electron chi connectivity index (χ4n) is 0.618. The van der Waals surface area contributed by atoms with Gasteiger partial charge in [-0.3, -0.25) is 0 Å². The van der Waals surface area contributed by atoms with Gasteiger partial charge in [-0.1, -0.05) is 6.92 Å². The Kier molecular flexibility index (Phi) is 11.6. The molecule has 0 saturated carbocycles. The van der Waals surface area contributed by atoms with Gasteiger partial charge in [-0.25, -0.2) is 0 Å². The van der Waals surface area contributed by atoms with E-state index in [-0.39, 0.29) is 6.29 Å². The first-order valence-corrected chi connectivity index (χ1v) is 4.96. The summed E-state index contributed by atoms with van der Waals surface area (Å²) in [6.07, 6.45) is -7.54. The zero-order chi connectivity index (χ0) is 14.0. The van der Waals surface area contributed by atoms with Crippen molar-refractivity contribution in [2.75, 3.05) is 6.61 Å². The minimum Gasteiger partial charge on any atom is -0.394 e. The largest absolute Gasteiger partial charge is 0.394 e. The van der Waals surface area contributed by atoms with Crippen LogP contribution in [0.25, 0.3) is 0 Å². The van der Waals surface area contributed by atoms with E-state index in [9.17, 15) is 4.79 Å². The third kappa shape index (κ3) is 9.12. The minimum atomic E-state index is -1.79. The highest BCUT2D eigenvalue weighted by Gasteiger charge is 2.29. The van der Waals surface area contributed by atoms with Gasteiger partial charge >= 0.3 is 0 Å². The lowest BCUT2D eigenvalue weighted by Crippen LogP contribution is -2.46. The Morgan fingerprint density at radius 3 is 1.65 bits per heavy atom. The molecule has 17 heavy (non-hydrogen) atoms. The Morgan fingerprint density at radius 1 is 1.00 bits per heavy atom. The summed E-state index contributed by atoms with van der Waals surface area (Å²) < 4.78 is 0. The molecule has 0 aromatic rings. The molecule has 8 nitrogen and oxygen atoms in total. The van der Waals surface area contributed by atoms with Crippen molar-refractivity contribution < 1.29 is 40.5 Å². The van der Waals surface area contributed by atoms with E-state index in [1.165, 1.54) is 0 Å². The second-order valence-corrected chi connectivity index (χ2v) is 3.25. The molecule has 0 fully saturated rings. The van der Waals surface area contributed by atoms with Crippen LogP contribution in [-0.4, -0.2) is 79.3 Å². The number of aldehydes is 1. The Morgan fingerprint density at radius 2 is 1.41 bits per heavy atom. The monoisotopic (exact) mass is 256 g/mol. The highest BCUT2D eigenvalue weighted by atomic mass is 16.5. The van der Waals surface area contributed by atoms with Crippen LogP contribution in [0.15, 0.2) is 0 Å². The summed E-state index contributed by atoms with van der Waals surface area (Å²) in [6.45, 7) is 0.939. The van der Waals surface area contributed by atoms with Gasteiger partial charge in [0.25, 0.3) is 0 Å². The molecule has 4 atom stereocenters. The van der Waals surface area contributed by atoms with Crippen molar-refractivity contribution in [3.63, 3.8) is 0 Å². The maximum Gasteiger partial charge on any atom is 0.151 e. The molecule has 104 valence electrons. The molecule has 0 aliphatic carbocycles. The molecule has 0 bridgehead atoms. The smallest absolute Gasteiger partial charge is 0.151 e. The Labute approximate surface area is 98.4 Å². The number of carbonyl (C=O) groups is 1. The molecular weight excluding hydrogens is 236 g/mol. The first kappa shape index (κ1) is 18.7. The van der Waals surface area contributed by atoms with Gasteiger partial charge in [0.05, 0.1) is 6.61 Å². The molecule has 8 heteroatoms. The summed E-state index contributed by atoms with van der Waals surface area (Å²) in [5.41, 5.74) is 0. The maximum atomic E-state index is 9.90. The molecule has 0 heterocycles. The van der Waals surface area contributed by atoms with E-state index in [0.717, 1.165) is 0 Å². The molecule has 0 aromatic carbocycles. The predicted octanol–water partition coefficient (Wildman–Crippen LogP) is -3.67. The lowest BCUT2D eigenvalue weighted by atomic mass is 10.0. The van der Waals surface area contributed by atoms with E-state index in [1.807, 2.05) is 0 Å². The van der Waals surface area contributed by atoms with E-state index in [2.05, 4.69) is 0 Å². The Hall–Kier alpha value is -0.610. The van der Waals surface area contributed by atoms with Crippen LogP contribution in [0.1, 0.15) is 13.3 Å². The van der Waals surface area contributed by atoms with Crippen molar-refractivity contribution in [3.05, 3.63) is 0 Å². The fraction of sp³-hybridized carbons (Fsp3) is 0.889. The number of rotatable bonds is 6. The van der Waals surface area contributed by atoms with Crippen molar-refractivity contribution >= 4 is 6.29 Å².